The normalized spacial score (nSPS) is 15.0. The van der Waals surface area contributed by atoms with Gasteiger partial charge in [-0.15, -0.1) is 11.3 Å². The van der Waals surface area contributed by atoms with Crippen molar-refractivity contribution in [3.8, 4) is 0 Å². The summed E-state index contributed by atoms with van der Waals surface area (Å²) in [4.78, 5) is 5.94. The molecule has 0 saturated heterocycles. The molecule has 0 amide bonds. The summed E-state index contributed by atoms with van der Waals surface area (Å²) in [5.74, 6) is 0.566. The summed E-state index contributed by atoms with van der Waals surface area (Å²) < 4.78 is 0. The van der Waals surface area contributed by atoms with Crippen molar-refractivity contribution in [2.75, 3.05) is 0 Å². The minimum absolute atomic E-state index is 0.288. The van der Waals surface area contributed by atoms with Crippen LogP contribution in [0.3, 0.4) is 0 Å². The van der Waals surface area contributed by atoms with Crippen LogP contribution >= 0.6 is 11.3 Å². The molecule has 1 nitrogen and oxygen atoms in total. The summed E-state index contributed by atoms with van der Waals surface area (Å²) in [6.45, 7) is 16.2. The van der Waals surface area contributed by atoms with E-state index in [1.165, 1.54) is 22.7 Å². The predicted octanol–water partition coefficient (Wildman–Crippen LogP) is 5.41. The molecule has 1 unspecified atom stereocenters. The fraction of sp³-hybridized carbons (Fsp3) is 0.800. The van der Waals surface area contributed by atoms with E-state index in [1.807, 2.05) is 17.5 Å². The van der Waals surface area contributed by atoms with Gasteiger partial charge in [0.05, 0.1) is 5.01 Å². The van der Waals surface area contributed by atoms with Crippen LogP contribution in [0.5, 0.6) is 0 Å². The molecule has 0 aliphatic heterocycles. The van der Waals surface area contributed by atoms with Crippen LogP contribution in [0, 0.1) is 17.8 Å². The third-order valence-electron chi connectivity index (χ3n) is 3.70. The smallest absolute Gasteiger partial charge is 0.0963 e. The number of rotatable bonds is 4. The summed E-state index contributed by atoms with van der Waals surface area (Å²) in [7, 11) is 0. The molecule has 1 heterocycles. The van der Waals surface area contributed by atoms with Crippen molar-refractivity contribution in [3.05, 3.63) is 16.1 Å². The van der Waals surface area contributed by atoms with Crippen molar-refractivity contribution in [2.45, 2.75) is 67.2 Å². The van der Waals surface area contributed by atoms with Crippen LogP contribution in [0.2, 0.25) is 0 Å². The lowest BCUT2D eigenvalue weighted by Crippen LogP contribution is -2.24. The Morgan fingerprint density at radius 3 is 2.18 bits per heavy atom. The standard InChI is InChI=1S/C15H27NS/c1-8-15(6,7)9-12(14(3,4)5)13-16-10-11(2)17-13/h10,12H,8-9H2,1-7H3. The van der Waals surface area contributed by atoms with Crippen molar-refractivity contribution in [1.29, 1.82) is 0 Å². The van der Waals surface area contributed by atoms with Crippen molar-refractivity contribution in [3.63, 3.8) is 0 Å². The molecule has 0 aromatic carbocycles. The lowest BCUT2D eigenvalue weighted by molar-refractivity contribution is 0.208. The van der Waals surface area contributed by atoms with Crippen molar-refractivity contribution in [1.82, 2.24) is 4.98 Å². The van der Waals surface area contributed by atoms with Crippen molar-refractivity contribution >= 4 is 11.3 Å². The van der Waals surface area contributed by atoms with E-state index in [0.717, 1.165) is 0 Å². The highest BCUT2D eigenvalue weighted by molar-refractivity contribution is 7.11. The van der Waals surface area contributed by atoms with Crippen molar-refractivity contribution in [2.24, 2.45) is 10.8 Å². The second kappa shape index (κ2) is 5.09. The third kappa shape index (κ3) is 4.09. The Bertz CT molecular complexity index is 357. The van der Waals surface area contributed by atoms with Crippen LogP contribution < -0.4 is 0 Å². The predicted molar refractivity (Wildman–Crippen MR) is 77.7 cm³/mol. The fourth-order valence-electron chi connectivity index (χ4n) is 1.99. The van der Waals surface area contributed by atoms with Crippen LogP contribution in [0.15, 0.2) is 6.20 Å². The van der Waals surface area contributed by atoms with Gasteiger partial charge in [0.2, 0.25) is 0 Å². The number of aromatic nitrogens is 1. The van der Waals surface area contributed by atoms with Crippen LogP contribution in [0.25, 0.3) is 0 Å². The second-order valence-corrected chi connectivity index (χ2v) is 8.22. The molecule has 98 valence electrons. The van der Waals surface area contributed by atoms with Crippen LogP contribution in [0.1, 0.15) is 70.2 Å². The van der Waals surface area contributed by atoms with E-state index in [9.17, 15) is 0 Å². The molecule has 0 aliphatic rings. The molecule has 0 saturated carbocycles. The molecule has 0 fully saturated rings. The third-order valence-corrected chi connectivity index (χ3v) is 4.72. The zero-order valence-electron chi connectivity index (χ0n) is 12.4. The largest absolute Gasteiger partial charge is 0.249 e. The van der Waals surface area contributed by atoms with E-state index in [2.05, 4.69) is 53.5 Å². The van der Waals surface area contributed by atoms with E-state index >= 15 is 0 Å². The van der Waals surface area contributed by atoms with Gasteiger partial charge < -0.3 is 0 Å². The van der Waals surface area contributed by atoms with Gasteiger partial charge in [0, 0.05) is 17.0 Å². The molecule has 0 radical (unpaired) electrons. The first kappa shape index (κ1) is 14.7. The first-order valence-corrected chi connectivity index (χ1v) is 7.40. The molecule has 1 aromatic heterocycles. The minimum Gasteiger partial charge on any atom is -0.249 e. The van der Waals surface area contributed by atoms with Crippen LogP contribution in [0.4, 0.5) is 0 Å². The van der Waals surface area contributed by atoms with E-state index in [-0.39, 0.29) is 5.41 Å². The first-order valence-electron chi connectivity index (χ1n) is 6.58. The molecule has 17 heavy (non-hydrogen) atoms. The van der Waals surface area contributed by atoms with Gasteiger partial charge in [-0.25, -0.2) is 4.98 Å². The van der Waals surface area contributed by atoms with Gasteiger partial charge in [0.15, 0.2) is 0 Å². The minimum atomic E-state index is 0.288. The number of nitrogens with zero attached hydrogens (tertiary/aromatic N) is 1. The molecular weight excluding hydrogens is 226 g/mol. The molecule has 1 aromatic rings. The Kier molecular flexibility index (Phi) is 4.40. The second-order valence-electron chi connectivity index (χ2n) is 6.95. The number of thiazole rings is 1. The molecule has 1 atom stereocenters. The summed E-state index contributed by atoms with van der Waals surface area (Å²) in [6.07, 6.45) is 4.46. The summed E-state index contributed by atoms with van der Waals surface area (Å²) >= 11 is 1.86. The maximum absolute atomic E-state index is 4.62. The number of hydrogen-bond acceptors (Lipinski definition) is 2. The topological polar surface area (TPSA) is 12.9 Å². The summed E-state index contributed by atoms with van der Waals surface area (Å²) in [5, 5.41) is 1.32. The highest BCUT2D eigenvalue weighted by atomic mass is 32.1. The lowest BCUT2D eigenvalue weighted by atomic mass is 9.71. The zero-order chi connectivity index (χ0) is 13.3. The Balaban J connectivity index is 2.98. The monoisotopic (exact) mass is 253 g/mol. The number of hydrogen-bond donors (Lipinski definition) is 0. The van der Waals surface area contributed by atoms with Gasteiger partial charge in [0.25, 0.3) is 0 Å². The van der Waals surface area contributed by atoms with Gasteiger partial charge >= 0.3 is 0 Å². The molecule has 1 rings (SSSR count). The maximum atomic E-state index is 4.62. The quantitative estimate of drug-likeness (QED) is 0.699. The lowest BCUT2D eigenvalue weighted by Gasteiger charge is -2.35. The van der Waals surface area contributed by atoms with Gasteiger partial charge in [-0.05, 0) is 24.2 Å². The molecule has 0 bridgehead atoms. The van der Waals surface area contributed by atoms with E-state index < -0.39 is 0 Å². The summed E-state index contributed by atoms with van der Waals surface area (Å²) in [5.41, 5.74) is 0.689. The van der Waals surface area contributed by atoms with E-state index in [1.54, 1.807) is 0 Å². The summed E-state index contributed by atoms with van der Waals surface area (Å²) in [6, 6.07) is 0. The van der Waals surface area contributed by atoms with Crippen molar-refractivity contribution < 1.29 is 0 Å². The SMILES string of the molecule is CCC(C)(C)CC(c1ncc(C)s1)C(C)(C)C. The maximum Gasteiger partial charge on any atom is 0.0963 e. The van der Waals surface area contributed by atoms with Gasteiger partial charge in [0.1, 0.15) is 0 Å². The fourth-order valence-corrected chi connectivity index (χ4v) is 3.11. The van der Waals surface area contributed by atoms with Gasteiger partial charge in [-0.1, -0.05) is 48.0 Å². The first-order chi connectivity index (χ1) is 7.65. The van der Waals surface area contributed by atoms with E-state index in [0.29, 0.717) is 11.3 Å². The molecule has 0 N–H and O–H groups in total. The number of aryl methyl sites for hydroxylation is 1. The van der Waals surface area contributed by atoms with Crippen LogP contribution in [-0.4, -0.2) is 4.98 Å². The average molecular weight is 253 g/mol. The molecule has 2 heteroatoms. The van der Waals surface area contributed by atoms with Gasteiger partial charge in [-0.3, -0.25) is 0 Å². The Labute approximate surface area is 111 Å². The zero-order valence-corrected chi connectivity index (χ0v) is 13.2. The average Bonchev–Trinajstić information content (AvgIpc) is 2.59. The Morgan fingerprint density at radius 1 is 1.24 bits per heavy atom. The van der Waals surface area contributed by atoms with Crippen LogP contribution in [-0.2, 0) is 0 Å². The molecule has 0 spiro atoms. The van der Waals surface area contributed by atoms with Gasteiger partial charge in [-0.2, -0.15) is 0 Å². The highest BCUT2D eigenvalue weighted by Crippen LogP contribution is 2.45. The Morgan fingerprint density at radius 2 is 1.82 bits per heavy atom. The van der Waals surface area contributed by atoms with E-state index in [4.69, 9.17) is 0 Å². The molecular formula is C15H27NS. The highest BCUT2D eigenvalue weighted by Gasteiger charge is 2.33. The molecule has 0 aliphatic carbocycles. The Hall–Kier alpha value is -0.370.